The third-order valence-electron chi connectivity index (χ3n) is 9.04. The van der Waals surface area contributed by atoms with Crippen molar-refractivity contribution in [2.24, 2.45) is 11.1 Å². The Bertz CT molecular complexity index is 391. The molecular formula is C34H71N. The highest BCUT2D eigenvalue weighted by atomic mass is 14.8. The highest BCUT2D eigenvalue weighted by Gasteiger charge is 2.46. The van der Waals surface area contributed by atoms with Crippen molar-refractivity contribution in [3.8, 4) is 0 Å². The third-order valence-corrected chi connectivity index (χ3v) is 9.04. The zero-order valence-electron chi connectivity index (χ0n) is 25.7. The Hall–Kier alpha value is -0.0400. The van der Waals surface area contributed by atoms with Crippen LogP contribution in [0, 0.1) is 5.41 Å². The number of nitrogens with two attached hydrogens (primary N) is 1. The van der Waals surface area contributed by atoms with E-state index < -0.39 is 0 Å². The lowest BCUT2D eigenvalue weighted by molar-refractivity contribution is 0.0510. The van der Waals surface area contributed by atoms with Crippen LogP contribution < -0.4 is 5.73 Å². The molecule has 0 atom stereocenters. The van der Waals surface area contributed by atoms with E-state index in [0.717, 1.165) is 0 Å². The average molecular weight is 494 g/mol. The van der Waals surface area contributed by atoms with Crippen molar-refractivity contribution in [2.45, 2.75) is 214 Å². The highest BCUT2D eigenvalue weighted by molar-refractivity contribution is 5.02. The van der Waals surface area contributed by atoms with E-state index in [4.69, 9.17) is 5.73 Å². The maximum Gasteiger partial charge on any atom is 0.0211 e. The quantitative estimate of drug-likeness (QED) is 0.108. The summed E-state index contributed by atoms with van der Waals surface area (Å²) in [5, 5.41) is 0. The molecule has 0 heterocycles. The van der Waals surface area contributed by atoms with Gasteiger partial charge in [-0.15, -0.1) is 0 Å². The van der Waals surface area contributed by atoms with Gasteiger partial charge in [-0.05, 0) is 37.5 Å². The minimum Gasteiger partial charge on any atom is -0.325 e. The summed E-state index contributed by atoms with van der Waals surface area (Å²) >= 11 is 0. The van der Waals surface area contributed by atoms with E-state index in [1.807, 2.05) is 0 Å². The van der Waals surface area contributed by atoms with Crippen LogP contribution >= 0.6 is 0 Å². The molecule has 1 nitrogen and oxygen atoms in total. The Labute approximate surface area is 224 Å². The molecule has 0 unspecified atom stereocenters. The van der Waals surface area contributed by atoms with Crippen LogP contribution in [0.25, 0.3) is 0 Å². The Morgan fingerprint density at radius 2 is 0.543 bits per heavy atom. The Morgan fingerprint density at radius 1 is 0.314 bits per heavy atom. The van der Waals surface area contributed by atoms with Gasteiger partial charge in [0.05, 0.1) is 0 Å². The van der Waals surface area contributed by atoms with Gasteiger partial charge in [-0.2, -0.15) is 0 Å². The molecule has 0 rings (SSSR count). The number of hydrogen-bond donors (Lipinski definition) is 1. The number of hydrogen-bond acceptors (Lipinski definition) is 1. The minimum absolute atomic E-state index is 0.0519. The number of unbranched alkanes of at least 4 members (excludes halogenated alkanes) is 17. The molecule has 0 saturated heterocycles. The lowest BCUT2D eigenvalue weighted by Crippen LogP contribution is -2.55. The maximum atomic E-state index is 7.73. The summed E-state index contributed by atoms with van der Waals surface area (Å²) in [6.45, 7) is 11.7. The van der Waals surface area contributed by atoms with Crippen LogP contribution in [0.5, 0.6) is 0 Å². The van der Waals surface area contributed by atoms with Gasteiger partial charge in [0.25, 0.3) is 0 Å². The zero-order valence-corrected chi connectivity index (χ0v) is 25.7. The predicted octanol–water partition coefficient (Wildman–Crippen LogP) is 12.3. The van der Waals surface area contributed by atoms with Crippen molar-refractivity contribution in [3.63, 3.8) is 0 Å². The van der Waals surface area contributed by atoms with Crippen LogP contribution in [-0.2, 0) is 0 Å². The van der Waals surface area contributed by atoms with E-state index in [1.54, 1.807) is 0 Å². The predicted molar refractivity (Wildman–Crippen MR) is 162 cm³/mol. The summed E-state index contributed by atoms with van der Waals surface area (Å²) < 4.78 is 0. The molecule has 0 fully saturated rings. The van der Waals surface area contributed by atoms with Crippen LogP contribution in [0.4, 0.5) is 0 Å². The van der Waals surface area contributed by atoms with Gasteiger partial charge >= 0.3 is 0 Å². The van der Waals surface area contributed by atoms with Crippen LogP contribution in [0.1, 0.15) is 208 Å². The van der Waals surface area contributed by atoms with Gasteiger partial charge in [0.1, 0.15) is 0 Å². The molecule has 0 aromatic rings. The molecule has 0 bridgehead atoms. The number of rotatable bonds is 28. The van der Waals surface area contributed by atoms with Gasteiger partial charge in [0, 0.05) is 5.54 Å². The van der Waals surface area contributed by atoms with Crippen molar-refractivity contribution >= 4 is 0 Å². The molecule has 0 aromatic carbocycles. The lowest BCUT2D eigenvalue weighted by Gasteiger charge is -2.51. The standard InChI is InChI=1S/C34H71N/c1-6-11-16-21-22-25-30-33(28-23-17-12-7-2,29-24-18-13-8-3)34(35,31-26-19-14-9-4)32-27-20-15-10-5/h6-32,35H2,1-5H3. The molecule has 1 heteroatoms. The van der Waals surface area contributed by atoms with Crippen LogP contribution in [0.2, 0.25) is 0 Å². The summed E-state index contributed by atoms with van der Waals surface area (Å²) in [7, 11) is 0. The van der Waals surface area contributed by atoms with Crippen molar-refractivity contribution in [1.29, 1.82) is 0 Å². The first kappa shape index (κ1) is 35.0. The van der Waals surface area contributed by atoms with Gasteiger partial charge in [-0.3, -0.25) is 0 Å². The summed E-state index contributed by atoms with van der Waals surface area (Å²) in [4.78, 5) is 0. The fraction of sp³-hybridized carbons (Fsp3) is 1.00. The molecule has 212 valence electrons. The topological polar surface area (TPSA) is 26.0 Å². The molecule has 0 saturated carbocycles. The van der Waals surface area contributed by atoms with Gasteiger partial charge in [-0.25, -0.2) is 0 Å². The monoisotopic (exact) mass is 494 g/mol. The third kappa shape index (κ3) is 16.4. The van der Waals surface area contributed by atoms with Crippen molar-refractivity contribution in [3.05, 3.63) is 0 Å². The van der Waals surface area contributed by atoms with Crippen LogP contribution in [0.3, 0.4) is 0 Å². The second-order valence-corrected chi connectivity index (χ2v) is 12.2. The molecule has 0 radical (unpaired) electrons. The second kappa shape index (κ2) is 24.3. The normalized spacial score (nSPS) is 12.5. The van der Waals surface area contributed by atoms with Gasteiger partial charge in [0.2, 0.25) is 0 Å². The van der Waals surface area contributed by atoms with Crippen LogP contribution in [0.15, 0.2) is 0 Å². The van der Waals surface area contributed by atoms with Gasteiger partial charge < -0.3 is 5.73 Å². The average Bonchev–Trinajstić information content (AvgIpc) is 2.86. The molecular weight excluding hydrogens is 422 g/mol. The van der Waals surface area contributed by atoms with Crippen molar-refractivity contribution < 1.29 is 0 Å². The molecule has 2 N–H and O–H groups in total. The Morgan fingerprint density at radius 3 is 0.857 bits per heavy atom. The molecule has 0 aliphatic heterocycles. The lowest BCUT2D eigenvalue weighted by atomic mass is 9.58. The maximum absolute atomic E-state index is 7.73. The second-order valence-electron chi connectivity index (χ2n) is 12.2. The summed E-state index contributed by atoms with van der Waals surface area (Å²) in [6.07, 6.45) is 37.1. The van der Waals surface area contributed by atoms with Gasteiger partial charge in [-0.1, -0.05) is 176 Å². The molecule has 0 spiro atoms. The summed E-state index contributed by atoms with van der Waals surface area (Å²) in [5.74, 6) is 0. The molecule has 35 heavy (non-hydrogen) atoms. The first-order valence-electron chi connectivity index (χ1n) is 16.8. The van der Waals surface area contributed by atoms with E-state index in [0.29, 0.717) is 5.41 Å². The SMILES string of the molecule is CCCCCCCCC(CCCCCC)(CCCCCC)C(N)(CCCCCC)CCCCCC. The van der Waals surface area contributed by atoms with Crippen molar-refractivity contribution in [2.75, 3.05) is 0 Å². The summed E-state index contributed by atoms with van der Waals surface area (Å²) in [5.41, 5.74) is 8.16. The fourth-order valence-corrected chi connectivity index (χ4v) is 6.54. The molecule has 0 aliphatic rings. The smallest absolute Gasteiger partial charge is 0.0211 e. The van der Waals surface area contributed by atoms with E-state index in [9.17, 15) is 0 Å². The zero-order chi connectivity index (χ0) is 26.1. The summed E-state index contributed by atoms with van der Waals surface area (Å²) in [6, 6.07) is 0. The Kier molecular flexibility index (Phi) is 24.3. The van der Waals surface area contributed by atoms with Crippen LogP contribution in [-0.4, -0.2) is 5.54 Å². The van der Waals surface area contributed by atoms with E-state index in [2.05, 4.69) is 34.6 Å². The van der Waals surface area contributed by atoms with Gasteiger partial charge in [0.15, 0.2) is 0 Å². The van der Waals surface area contributed by atoms with E-state index >= 15 is 0 Å². The highest BCUT2D eigenvalue weighted by Crippen LogP contribution is 2.49. The van der Waals surface area contributed by atoms with Crippen molar-refractivity contribution in [1.82, 2.24) is 0 Å². The fourth-order valence-electron chi connectivity index (χ4n) is 6.54. The molecule has 0 aromatic heterocycles. The first-order chi connectivity index (χ1) is 17.1. The minimum atomic E-state index is 0.0519. The first-order valence-corrected chi connectivity index (χ1v) is 16.8. The molecule has 0 amide bonds. The molecule has 0 aliphatic carbocycles. The largest absolute Gasteiger partial charge is 0.325 e. The van der Waals surface area contributed by atoms with E-state index in [-0.39, 0.29) is 5.54 Å². The van der Waals surface area contributed by atoms with E-state index in [1.165, 1.54) is 173 Å². The Balaban J connectivity index is 5.71.